The summed E-state index contributed by atoms with van der Waals surface area (Å²) < 4.78 is 0. The summed E-state index contributed by atoms with van der Waals surface area (Å²) in [6.07, 6.45) is 1.35. The Balaban J connectivity index is 3.04. The van der Waals surface area contributed by atoms with Gasteiger partial charge < -0.3 is 0 Å². The van der Waals surface area contributed by atoms with Crippen LogP contribution in [0.1, 0.15) is 10.4 Å². The molecule has 1 aromatic rings. The lowest BCUT2D eigenvalue weighted by Crippen LogP contribution is -1.72. The van der Waals surface area contributed by atoms with Crippen molar-refractivity contribution in [3.05, 3.63) is 28.0 Å². The van der Waals surface area contributed by atoms with Gasteiger partial charge in [-0.1, -0.05) is 11.6 Å². The minimum atomic E-state index is 0.528. The molecule has 0 fully saturated rings. The van der Waals surface area contributed by atoms with Crippen molar-refractivity contribution in [3.8, 4) is 6.07 Å². The quantitative estimate of drug-likeness (QED) is 0.614. The number of hydrogen-bond acceptors (Lipinski definition) is 2. The number of thiophene rings is 1. The summed E-state index contributed by atoms with van der Waals surface area (Å²) in [4.78, 5) is 0.980. The van der Waals surface area contributed by atoms with E-state index in [2.05, 4.69) is 0 Å². The average Bonchev–Trinajstić information content (AvgIpc) is 2.36. The van der Waals surface area contributed by atoms with Gasteiger partial charge in [0.1, 0.15) is 0 Å². The molecule has 0 radical (unpaired) electrons. The Bertz CT molecular complexity index is 319. The minimum Gasteiger partial charge on any atom is -0.193 e. The van der Waals surface area contributed by atoms with Gasteiger partial charge in [-0.15, -0.1) is 11.3 Å². The molecule has 0 aliphatic rings. The largest absolute Gasteiger partial charge is 0.193 e. The molecule has 0 N–H and O–H groups in total. The van der Waals surface area contributed by atoms with Crippen LogP contribution in [-0.2, 0) is 0 Å². The molecule has 0 aliphatic carbocycles. The van der Waals surface area contributed by atoms with E-state index in [0.29, 0.717) is 5.03 Å². The first-order valence-electron chi connectivity index (χ1n) is 3.05. The summed E-state index contributed by atoms with van der Waals surface area (Å²) in [5, 5.41) is 10.8. The molecule has 0 saturated heterocycles. The molecular weight excluding hydrogens is 178 g/mol. The van der Waals surface area contributed by atoms with E-state index in [0.717, 1.165) is 10.4 Å². The van der Waals surface area contributed by atoms with Gasteiger partial charge in [-0.2, -0.15) is 5.26 Å². The molecular formula is C8H6ClNS. The van der Waals surface area contributed by atoms with Gasteiger partial charge >= 0.3 is 0 Å². The first-order chi connectivity index (χ1) is 5.25. The molecule has 0 amide bonds. The fraction of sp³-hybridized carbons (Fsp3) is 0.125. The van der Waals surface area contributed by atoms with Crippen molar-refractivity contribution >= 4 is 28.0 Å². The van der Waals surface area contributed by atoms with Crippen LogP contribution in [0, 0.1) is 18.3 Å². The van der Waals surface area contributed by atoms with E-state index in [1.54, 1.807) is 11.3 Å². The number of nitrogens with zero attached hydrogens (tertiary/aromatic N) is 1. The van der Waals surface area contributed by atoms with Crippen molar-refractivity contribution in [1.29, 1.82) is 5.26 Å². The van der Waals surface area contributed by atoms with Crippen molar-refractivity contribution in [2.45, 2.75) is 6.92 Å². The van der Waals surface area contributed by atoms with Gasteiger partial charge in [0.25, 0.3) is 0 Å². The van der Waals surface area contributed by atoms with Crippen LogP contribution >= 0.6 is 22.9 Å². The first-order valence-corrected chi connectivity index (χ1v) is 4.31. The summed E-state index contributed by atoms with van der Waals surface area (Å²) in [6, 6.07) is 3.88. The lowest BCUT2D eigenvalue weighted by molar-refractivity contribution is 1.52. The zero-order valence-electron chi connectivity index (χ0n) is 5.97. The Kier molecular flexibility index (Phi) is 2.70. The average molecular weight is 184 g/mol. The van der Waals surface area contributed by atoms with Gasteiger partial charge in [-0.05, 0) is 23.9 Å². The Morgan fingerprint density at radius 1 is 1.82 bits per heavy atom. The fourth-order valence-electron chi connectivity index (χ4n) is 0.740. The summed E-state index contributed by atoms with van der Waals surface area (Å²) in [7, 11) is 0. The molecule has 11 heavy (non-hydrogen) atoms. The second kappa shape index (κ2) is 3.56. The van der Waals surface area contributed by atoms with Crippen molar-refractivity contribution in [1.82, 2.24) is 0 Å². The highest BCUT2D eigenvalue weighted by atomic mass is 35.5. The maximum Gasteiger partial charge on any atom is 0.0928 e. The summed E-state index contributed by atoms with van der Waals surface area (Å²) in [5.74, 6) is 0. The van der Waals surface area contributed by atoms with E-state index in [4.69, 9.17) is 16.9 Å². The van der Waals surface area contributed by atoms with Crippen LogP contribution in [0.3, 0.4) is 0 Å². The number of nitriles is 1. The zero-order chi connectivity index (χ0) is 8.27. The normalized spacial score (nSPS) is 11.2. The Morgan fingerprint density at radius 3 is 3.00 bits per heavy atom. The van der Waals surface area contributed by atoms with Gasteiger partial charge in [0.05, 0.1) is 11.1 Å². The minimum absolute atomic E-state index is 0.528. The number of rotatable bonds is 1. The number of hydrogen-bond donors (Lipinski definition) is 0. The zero-order valence-corrected chi connectivity index (χ0v) is 7.54. The summed E-state index contributed by atoms with van der Waals surface area (Å²) in [6.45, 7) is 1.97. The Hall–Kier alpha value is -0.780. The van der Waals surface area contributed by atoms with Crippen molar-refractivity contribution in [3.63, 3.8) is 0 Å². The molecule has 0 atom stereocenters. The highest BCUT2D eigenvalue weighted by molar-refractivity contribution is 7.12. The van der Waals surface area contributed by atoms with Gasteiger partial charge in [-0.3, -0.25) is 0 Å². The molecule has 0 spiro atoms. The van der Waals surface area contributed by atoms with Crippen molar-refractivity contribution in [2.24, 2.45) is 0 Å². The molecule has 56 valence electrons. The lowest BCUT2D eigenvalue weighted by Gasteiger charge is -1.92. The molecule has 1 heterocycles. The molecule has 0 unspecified atom stereocenters. The number of allylic oxidation sites excluding steroid dienone is 1. The topological polar surface area (TPSA) is 23.8 Å². The maximum atomic E-state index is 8.32. The molecule has 0 bridgehead atoms. The highest BCUT2D eigenvalue weighted by Gasteiger charge is 2.02. The van der Waals surface area contributed by atoms with Crippen LogP contribution < -0.4 is 0 Å². The number of aryl methyl sites for hydroxylation is 1. The van der Waals surface area contributed by atoms with E-state index in [9.17, 15) is 0 Å². The molecule has 3 heteroatoms. The maximum absolute atomic E-state index is 8.32. The van der Waals surface area contributed by atoms with E-state index in [-0.39, 0.29) is 0 Å². The van der Waals surface area contributed by atoms with Crippen LogP contribution in [-0.4, -0.2) is 0 Å². The highest BCUT2D eigenvalue weighted by Crippen LogP contribution is 2.27. The predicted molar refractivity (Wildman–Crippen MR) is 48.5 cm³/mol. The van der Waals surface area contributed by atoms with Gasteiger partial charge in [-0.25, -0.2) is 0 Å². The molecule has 0 saturated carbocycles. The van der Waals surface area contributed by atoms with Crippen LogP contribution in [0.5, 0.6) is 0 Å². The predicted octanol–water partition coefficient (Wildman–Crippen LogP) is 3.16. The van der Waals surface area contributed by atoms with E-state index in [1.165, 1.54) is 6.08 Å². The molecule has 1 rings (SSSR count). The van der Waals surface area contributed by atoms with E-state index in [1.807, 2.05) is 24.4 Å². The van der Waals surface area contributed by atoms with E-state index < -0.39 is 0 Å². The van der Waals surface area contributed by atoms with E-state index >= 15 is 0 Å². The van der Waals surface area contributed by atoms with Crippen LogP contribution in [0.15, 0.2) is 17.5 Å². The molecule has 0 aliphatic heterocycles. The smallest absolute Gasteiger partial charge is 0.0928 e. The van der Waals surface area contributed by atoms with Crippen LogP contribution in [0.25, 0.3) is 5.03 Å². The Labute approximate surface area is 74.5 Å². The second-order valence-electron chi connectivity index (χ2n) is 2.05. The van der Waals surface area contributed by atoms with Gasteiger partial charge in [0, 0.05) is 11.0 Å². The first kappa shape index (κ1) is 8.32. The van der Waals surface area contributed by atoms with Crippen molar-refractivity contribution in [2.75, 3.05) is 0 Å². The number of halogens is 1. The summed E-state index contributed by atoms with van der Waals surface area (Å²) >= 11 is 7.35. The third-order valence-corrected chi connectivity index (χ3v) is 2.73. The SMILES string of the molecule is Cc1ccsc1/C(Cl)=C/C#N. The van der Waals surface area contributed by atoms with Gasteiger partial charge in [0.15, 0.2) is 0 Å². The molecule has 1 nitrogen and oxygen atoms in total. The van der Waals surface area contributed by atoms with Gasteiger partial charge in [0.2, 0.25) is 0 Å². The fourth-order valence-corrected chi connectivity index (χ4v) is 1.90. The lowest BCUT2D eigenvalue weighted by atomic mass is 10.3. The Morgan fingerprint density at radius 2 is 2.55 bits per heavy atom. The van der Waals surface area contributed by atoms with Crippen molar-refractivity contribution < 1.29 is 0 Å². The monoisotopic (exact) mass is 183 g/mol. The van der Waals surface area contributed by atoms with Crippen LogP contribution in [0.4, 0.5) is 0 Å². The second-order valence-corrected chi connectivity index (χ2v) is 3.38. The van der Waals surface area contributed by atoms with Crippen LogP contribution in [0.2, 0.25) is 0 Å². The molecule has 0 aromatic carbocycles. The third-order valence-electron chi connectivity index (χ3n) is 1.27. The molecule has 1 aromatic heterocycles. The third kappa shape index (κ3) is 1.83. The standard InChI is InChI=1S/C8H6ClNS/c1-6-3-5-11-8(6)7(9)2-4-10/h2-3,5H,1H3/b7-2-. The summed E-state index contributed by atoms with van der Waals surface area (Å²) in [5.41, 5.74) is 1.12.